The molecular formula is C21H14BrClFN3S. The monoisotopic (exact) mass is 473 g/mol. The quantitative estimate of drug-likeness (QED) is 0.299. The molecule has 0 saturated carbocycles. The van der Waals surface area contributed by atoms with Gasteiger partial charge in [-0.1, -0.05) is 81.8 Å². The Morgan fingerprint density at radius 3 is 2.43 bits per heavy atom. The summed E-state index contributed by atoms with van der Waals surface area (Å²) in [4.78, 5) is 0. The first-order chi connectivity index (χ1) is 13.6. The Hall–Kier alpha value is -2.15. The third kappa shape index (κ3) is 3.85. The van der Waals surface area contributed by atoms with Crippen LogP contribution in [0.25, 0.3) is 17.1 Å². The van der Waals surface area contributed by atoms with Crippen LogP contribution in [0.5, 0.6) is 0 Å². The van der Waals surface area contributed by atoms with Crippen LogP contribution in [0.15, 0.2) is 82.4 Å². The van der Waals surface area contributed by atoms with E-state index >= 15 is 0 Å². The molecule has 28 heavy (non-hydrogen) atoms. The number of benzene rings is 3. The fourth-order valence-electron chi connectivity index (χ4n) is 2.80. The van der Waals surface area contributed by atoms with Crippen molar-refractivity contribution in [3.63, 3.8) is 0 Å². The Balaban J connectivity index is 1.77. The average molecular weight is 475 g/mol. The van der Waals surface area contributed by atoms with Gasteiger partial charge in [-0.3, -0.25) is 4.57 Å². The Labute approximate surface area is 179 Å². The first-order valence-electron chi connectivity index (χ1n) is 8.46. The van der Waals surface area contributed by atoms with Gasteiger partial charge in [0.05, 0.1) is 0 Å². The van der Waals surface area contributed by atoms with E-state index in [1.54, 1.807) is 12.1 Å². The number of rotatable bonds is 5. The van der Waals surface area contributed by atoms with Crippen LogP contribution in [0.3, 0.4) is 0 Å². The van der Waals surface area contributed by atoms with Crippen molar-refractivity contribution in [3.8, 4) is 17.1 Å². The van der Waals surface area contributed by atoms with E-state index in [4.69, 9.17) is 11.6 Å². The van der Waals surface area contributed by atoms with Crippen molar-refractivity contribution in [2.24, 2.45) is 0 Å². The Morgan fingerprint density at radius 2 is 1.68 bits per heavy atom. The highest BCUT2D eigenvalue weighted by Crippen LogP contribution is 2.34. The maximum absolute atomic E-state index is 14.2. The van der Waals surface area contributed by atoms with E-state index in [-0.39, 0.29) is 5.82 Å². The van der Waals surface area contributed by atoms with E-state index in [9.17, 15) is 4.39 Å². The van der Waals surface area contributed by atoms with Gasteiger partial charge in [0, 0.05) is 32.1 Å². The third-order valence-electron chi connectivity index (χ3n) is 4.17. The van der Waals surface area contributed by atoms with E-state index in [0.717, 1.165) is 15.7 Å². The van der Waals surface area contributed by atoms with E-state index in [2.05, 4.69) is 26.1 Å². The summed E-state index contributed by atoms with van der Waals surface area (Å²) >= 11 is 11.2. The summed E-state index contributed by atoms with van der Waals surface area (Å²) in [5, 5.41) is 9.86. The zero-order chi connectivity index (χ0) is 19.5. The van der Waals surface area contributed by atoms with Crippen LogP contribution in [0.1, 0.15) is 5.56 Å². The van der Waals surface area contributed by atoms with Crippen molar-refractivity contribution >= 4 is 39.3 Å². The van der Waals surface area contributed by atoms with Gasteiger partial charge in [0.1, 0.15) is 5.82 Å². The number of nitrogens with zero attached hydrogens (tertiary/aromatic N) is 3. The van der Waals surface area contributed by atoms with Gasteiger partial charge in [-0.25, -0.2) is 4.39 Å². The summed E-state index contributed by atoms with van der Waals surface area (Å²) in [5.74, 6) is 0.740. The third-order valence-corrected chi connectivity index (χ3v) is 6.17. The molecule has 4 aromatic rings. The number of aromatic nitrogens is 3. The number of para-hydroxylation sites is 1. The predicted octanol–water partition coefficient (Wildman–Crippen LogP) is 6.78. The van der Waals surface area contributed by atoms with Gasteiger partial charge in [-0.05, 0) is 30.3 Å². The fourth-order valence-corrected chi connectivity index (χ4v) is 4.55. The van der Waals surface area contributed by atoms with Crippen LogP contribution >= 0.6 is 39.3 Å². The molecule has 0 N–H and O–H groups in total. The summed E-state index contributed by atoms with van der Waals surface area (Å²) in [6.07, 6.45) is 0. The standard InChI is InChI=1S/C21H14BrClFN3S/c22-17-10-5-4-9-15(17)20-25-26-21(27(20)14-7-2-1-3-8-14)28-13-16-18(23)11-6-12-19(16)24/h1-12H,13H2. The lowest BCUT2D eigenvalue weighted by atomic mass is 10.2. The lowest BCUT2D eigenvalue weighted by Gasteiger charge is -2.11. The largest absolute Gasteiger partial charge is 0.270 e. The van der Waals surface area contributed by atoms with Crippen LogP contribution in [-0.2, 0) is 5.75 Å². The fraction of sp³-hybridized carbons (Fsp3) is 0.0476. The number of hydrogen-bond acceptors (Lipinski definition) is 3. The van der Waals surface area contributed by atoms with Crippen LogP contribution < -0.4 is 0 Å². The molecule has 0 fully saturated rings. The summed E-state index contributed by atoms with van der Waals surface area (Å²) in [7, 11) is 0. The summed E-state index contributed by atoms with van der Waals surface area (Å²) in [5.41, 5.74) is 2.31. The second kappa shape index (κ2) is 8.47. The molecule has 0 amide bonds. The molecule has 0 aliphatic rings. The van der Waals surface area contributed by atoms with Gasteiger partial charge in [0.2, 0.25) is 0 Å². The molecular weight excluding hydrogens is 461 g/mol. The van der Waals surface area contributed by atoms with Crippen LogP contribution in [0, 0.1) is 5.82 Å². The van der Waals surface area contributed by atoms with E-state index in [1.807, 2.05) is 59.2 Å². The molecule has 0 saturated heterocycles. The van der Waals surface area contributed by atoms with Crippen molar-refractivity contribution in [1.29, 1.82) is 0 Å². The second-order valence-electron chi connectivity index (χ2n) is 5.95. The lowest BCUT2D eigenvalue weighted by Crippen LogP contribution is -2.00. The van der Waals surface area contributed by atoms with Crippen LogP contribution in [0.2, 0.25) is 5.02 Å². The summed E-state index contributed by atoms with van der Waals surface area (Å²) < 4.78 is 17.0. The molecule has 1 aromatic heterocycles. The minimum Gasteiger partial charge on any atom is -0.270 e. The Kier molecular flexibility index (Phi) is 5.80. The van der Waals surface area contributed by atoms with Gasteiger partial charge in [0.15, 0.2) is 11.0 Å². The zero-order valence-corrected chi connectivity index (χ0v) is 17.7. The lowest BCUT2D eigenvalue weighted by molar-refractivity contribution is 0.617. The van der Waals surface area contributed by atoms with Crippen LogP contribution in [0.4, 0.5) is 4.39 Å². The Morgan fingerprint density at radius 1 is 0.929 bits per heavy atom. The normalized spacial score (nSPS) is 11.0. The van der Waals surface area contributed by atoms with Gasteiger partial charge >= 0.3 is 0 Å². The number of thioether (sulfide) groups is 1. The molecule has 7 heteroatoms. The molecule has 0 unspecified atom stereocenters. The predicted molar refractivity (Wildman–Crippen MR) is 115 cm³/mol. The highest BCUT2D eigenvalue weighted by molar-refractivity contribution is 9.10. The van der Waals surface area contributed by atoms with Crippen molar-refractivity contribution in [1.82, 2.24) is 14.8 Å². The molecule has 140 valence electrons. The van der Waals surface area contributed by atoms with E-state index in [0.29, 0.717) is 27.3 Å². The maximum atomic E-state index is 14.2. The molecule has 0 atom stereocenters. The topological polar surface area (TPSA) is 30.7 Å². The van der Waals surface area contributed by atoms with Crippen molar-refractivity contribution in [3.05, 3.63) is 93.7 Å². The minimum atomic E-state index is -0.322. The molecule has 0 aliphatic heterocycles. The Bertz CT molecular complexity index is 1100. The molecule has 0 radical (unpaired) electrons. The van der Waals surface area contributed by atoms with Gasteiger partial charge in [0.25, 0.3) is 0 Å². The maximum Gasteiger partial charge on any atom is 0.196 e. The van der Waals surface area contributed by atoms with Gasteiger partial charge in [-0.2, -0.15) is 0 Å². The van der Waals surface area contributed by atoms with Crippen molar-refractivity contribution < 1.29 is 4.39 Å². The molecule has 4 rings (SSSR count). The molecule has 0 spiro atoms. The zero-order valence-electron chi connectivity index (χ0n) is 14.5. The summed E-state index contributed by atoms with van der Waals surface area (Å²) in [6.45, 7) is 0. The minimum absolute atomic E-state index is 0.322. The number of hydrogen-bond donors (Lipinski definition) is 0. The van der Waals surface area contributed by atoms with E-state index in [1.165, 1.54) is 17.8 Å². The van der Waals surface area contributed by atoms with Crippen molar-refractivity contribution in [2.75, 3.05) is 0 Å². The van der Waals surface area contributed by atoms with E-state index < -0.39 is 0 Å². The van der Waals surface area contributed by atoms with Crippen LogP contribution in [-0.4, -0.2) is 14.8 Å². The molecule has 0 aliphatic carbocycles. The molecule has 0 bridgehead atoms. The molecule has 1 heterocycles. The number of halogens is 3. The first kappa shape index (κ1) is 19.2. The summed E-state index contributed by atoms with van der Waals surface area (Å²) in [6, 6.07) is 22.4. The molecule has 3 nitrogen and oxygen atoms in total. The average Bonchev–Trinajstić information content (AvgIpc) is 3.12. The van der Waals surface area contributed by atoms with Crippen molar-refractivity contribution in [2.45, 2.75) is 10.9 Å². The SMILES string of the molecule is Fc1cccc(Cl)c1CSc1nnc(-c2ccccc2Br)n1-c1ccccc1. The first-order valence-corrected chi connectivity index (χ1v) is 10.6. The smallest absolute Gasteiger partial charge is 0.196 e. The molecule has 3 aromatic carbocycles. The second-order valence-corrected chi connectivity index (χ2v) is 8.15. The van der Waals surface area contributed by atoms with Gasteiger partial charge in [-0.15, -0.1) is 10.2 Å². The highest BCUT2D eigenvalue weighted by Gasteiger charge is 2.18. The van der Waals surface area contributed by atoms with Gasteiger partial charge < -0.3 is 0 Å². The highest BCUT2D eigenvalue weighted by atomic mass is 79.9.